The van der Waals surface area contributed by atoms with Crippen LogP contribution in [-0.4, -0.2) is 34.7 Å². The fraction of sp³-hybridized carbons (Fsp3) is 0.333. The lowest BCUT2D eigenvalue weighted by Crippen LogP contribution is -2.55. The predicted molar refractivity (Wildman–Crippen MR) is 59.4 cm³/mol. The molecule has 1 fully saturated rings. The Morgan fingerprint density at radius 1 is 1.35 bits per heavy atom. The van der Waals surface area contributed by atoms with E-state index < -0.39 is 18.1 Å². The monoisotopic (exact) mass is 235 g/mol. The first-order chi connectivity index (χ1) is 8.18. The second-order valence-electron chi connectivity index (χ2n) is 3.88. The predicted octanol–water partition coefficient (Wildman–Crippen LogP) is 1.48. The number of hydrogen-bond acceptors (Lipinski definition) is 3. The molecule has 17 heavy (non-hydrogen) atoms. The number of carboxylic acid groups (broad SMARTS) is 1. The van der Waals surface area contributed by atoms with Crippen molar-refractivity contribution in [3.05, 3.63) is 35.9 Å². The minimum absolute atomic E-state index is 0.169. The highest BCUT2D eigenvalue weighted by molar-refractivity contribution is 5.81. The molecular weight excluding hydrogens is 222 g/mol. The summed E-state index contributed by atoms with van der Waals surface area (Å²) < 4.78 is 5.04. The summed E-state index contributed by atoms with van der Waals surface area (Å²) in [5, 5.41) is 8.79. The standard InChI is InChI=1S/C12H13NO4/c14-11(15)10-6-7-13(10)12(16)17-8-9-4-2-1-3-5-9/h1-5,10H,6-8H2,(H,14,15). The average Bonchev–Trinajstić information content (AvgIpc) is 2.25. The molecule has 1 aromatic rings. The van der Waals surface area contributed by atoms with Crippen LogP contribution in [0.2, 0.25) is 0 Å². The Bertz CT molecular complexity index is 418. The van der Waals surface area contributed by atoms with Crippen LogP contribution >= 0.6 is 0 Å². The van der Waals surface area contributed by atoms with Gasteiger partial charge in [0.2, 0.25) is 0 Å². The third-order valence-corrected chi connectivity index (χ3v) is 2.74. The van der Waals surface area contributed by atoms with Crippen molar-refractivity contribution in [1.82, 2.24) is 4.90 Å². The molecule has 1 aliphatic rings. The summed E-state index contributed by atoms with van der Waals surface area (Å²) in [6, 6.07) is 8.55. The van der Waals surface area contributed by atoms with Crippen LogP contribution in [0.25, 0.3) is 0 Å². The van der Waals surface area contributed by atoms with Gasteiger partial charge in [-0.1, -0.05) is 30.3 Å². The number of carboxylic acids is 1. The minimum atomic E-state index is -0.979. The second kappa shape index (κ2) is 4.86. The highest BCUT2D eigenvalue weighted by atomic mass is 16.6. The van der Waals surface area contributed by atoms with Crippen molar-refractivity contribution in [3.63, 3.8) is 0 Å². The normalized spacial score (nSPS) is 18.4. The van der Waals surface area contributed by atoms with Gasteiger partial charge >= 0.3 is 12.1 Å². The molecule has 1 atom stereocenters. The topological polar surface area (TPSA) is 66.8 Å². The molecule has 1 aromatic carbocycles. The molecule has 5 nitrogen and oxygen atoms in total. The third kappa shape index (κ3) is 2.55. The van der Waals surface area contributed by atoms with E-state index in [1.54, 1.807) is 0 Å². The van der Waals surface area contributed by atoms with E-state index in [4.69, 9.17) is 9.84 Å². The van der Waals surface area contributed by atoms with E-state index in [2.05, 4.69) is 0 Å². The average molecular weight is 235 g/mol. The van der Waals surface area contributed by atoms with E-state index in [0.29, 0.717) is 13.0 Å². The van der Waals surface area contributed by atoms with Gasteiger partial charge in [-0.25, -0.2) is 9.59 Å². The smallest absolute Gasteiger partial charge is 0.410 e. The molecule has 1 aliphatic heterocycles. The summed E-state index contributed by atoms with van der Waals surface area (Å²) in [6.45, 7) is 0.618. The molecule has 1 N–H and O–H groups in total. The Kier molecular flexibility index (Phi) is 3.27. The van der Waals surface area contributed by atoms with Gasteiger partial charge in [-0.3, -0.25) is 4.90 Å². The van der Waals surface area contributed by atoms with Gasteiger partial charge in [0, 0.05) is 6.54 Å². The lowest BCUT2D eigenvalue weighted by atomic mass is 10.1. The lowest BCUT2D eigenvalue weighted by molar-refractivity contribution is -0.146. The summed E-state index contributed by atoms with van der Waals surface area (Å²) in [5.74, 6) is -0.979. The van der Waals surface area contributed by atoms with E-state index in [1.165, 1.54) is 4.90 Å². The Balaban J connectivity index is 1.84. The third-order valence-electron chi connectivity index (χ3n) is 2.74. The van der Waals surface area contributed by atoms with Gasteiger partial charge in [0.05, 0.1) is 0 Å². The molecule has 0 saturated carbocycles. The maximum atomic E-state index is 11.6. The van der Waals surface area contributed by atoms with Gasteiger partial charge in [-0.15, -0.1) is 0 Å². The van der Waals surface area contributed by atoms with Crippen LogP contribution in [0.15, 0.2) is 30.3 Å². The molecule has 0 bridgehead atoms. The molecule has 0 radical (unpaired) electrons. The van der Waals surface area contributed by atoms with Gasteiger partial charge in [-0.2, -0.15) is 0 Å². The van der Waals surface area contributed by atoms with Crippen molar-refractivity contribution in [2.45, 2.75) is 19.1 Å². The van der Waals surface area contributed by atoms with Gasteiger partial charge < -0.3 is 9.84 Å². The van der Waals surface area contributed by atoms with Crippen molar-refractivity contribution in [2.75, 3.05) is 6.54 Å². The van der Waals surface area contributed by atoms with Crippen molar-refractivity contribution < 1.29 is 19.4 Å². The Morgan fingerprint density at radius 3 is 2.59 bits per heavy atom. The number of carbonyl (C=O) groups excluding carboxylic acids is 1. The van der Waals surface area contributed by atoms with Crippen LogP contribution in [0.3, 0.4) is 0 Å². The van der Waals surface area contributed by atoms with Crippen LogP contribution in [0.5, 0.6) is 0 Å². The summed E-state index contributed by atoms with van der Waals surface area (Å²) >= 11 is 0. The number of carbonyl (C=O) groups is 2. The molecule has 5 heteroatoms. The molecule has 1 unspecified atom stereocenters. The molecule has 1 saturated heterocycles. The van der Waals surface area contributed by atoms with Crippen molar-refractivity contribution in [1.29, 1.82) is 0 Å². The number of ether oxygens (including phenoxy) is 1. The maximum absolute atomic E-state index is 11.6. The fourth-order valence-electron chi connectivity index (χ4n) is 1.66. The van der Waals surface area contributed by atoms with E-state index in [-0.39, 0.29) is 6.61 Å². The number of rotatable bonds is 3. The summed E-state index contributed by atoms with van der Waals surface area (Å²) in [6.07, 6.45) is -0.0667. The molecule has 1 heterocycles. The lowest BCUT2D eigenvalue weighted by Gasteiger charge is -2.36. The van der Waals surface area contributed by atoms with Crippen LogP contribution < -0.4 is 0 Å². The number of likely N-dealkylation sites (tertiary alicyclic amines) is 1. The van der Waals surface area contributed by atoms with Gasteiger partial charge in [0.1, 0.15) is 12.6 Å². The van der Waals surface area contributed by atoms with Crippen molar-refractivity contribution >= 4 is 12.1 Å². The van der Waals surface area contributed by atoms with E-state index in [9.17, 15) is 9.59 Å². The highest BCUT2D eigenvalue weighted by Crippen LogP contribution is 2.19. The highest BCUT2D eigenvalue weighted by Gasteiger charge is 2.38. The SMILES string of the molecule is O=C(O)C1CCN1C(=O)OCc1ccccc1. The van der Waals surface area contributed by atoms with Crippen LogP contribution in [0.4, 0.5) is 4.79 Å². The molecule has 90 valence electrons. The largest absolute Gasteiger partial charge is 0.480 e. The maximum Gasteiger partial charge on any atom is 0.410 e. The van der Waals surface area contributed by atoms with Crippen molar-refractivity contribution in [3.8, 4) is 0 Å². The first-order valence-corrected chi connectivity index (χ1v) is 5.38. The van der Waals surface area contributed by atoms with Gasteiger partial charge in [-0.05, 0) is 12.0 Å². The van der Waals surface area contributed by atoms with E-state index in [0.717, 1.165) is 5.56 Å². The summed E-state index contributed by atoms with van der Waals surface area (Å²) in [7, 11) is 0. The number of nitrogens with zero attached hydrogens (tertiary/aromatic N) is 1. The zero-order chi connectivity index (χ0) is 12.3. The fourth-order valence-corrected chi connectivity index (χ4v) is 1.66. The van der Waals surface area contributed by atoms with Gasteiger partial charge in [0.15, 0.2) is 0 Å². The van der Waals surface area contributed by atoms with E-state index in [1.807, 2.05) is 30.3 Å². The van der Waals surface area contributed by atoms with Crippen LogP contribution in [0.1, 0.15) is 12.0 Å². The van der Waals surface area contributed by atoms with Crippen molar-refractivity contribution in [2.24, 2.45) is 0 Å². The van der Waals surface area contributed by atoms with Crippen LogP contribution in [0, 0.1) is 0 Å². The Morgan fingerprint density at radius 2 is 2.06 bits per heavy atom. The molecule has 0 aliphatic carbocycles. The Hall–Kier alpha value is -2.04. The first-order valence-electron chi connectivity index (χ1n) is 5.38. The zero-order valence-corrected chi connectivity index (χ0v) is 9.20. The number of aliphatic carboxylic acids is 1. The molecular formula is C12H13NO4. The zero-order valence-electron chi connectivity index (χ0n) is 9.20. The number of benzene rings is 1. The molecule has 0 spiro atoms. The number of hydrogen-bond donors (Lipinski definition) is 1. The minimum Gasteiger partial charge on any atom is -0.480 e. The quantitative estimate of drug-likeness (QED) is 0.861. The molecule has 0 aromatic heterocycles. The summed E-state index contributed by atoms with van der Waals surface area (Å²) in [4.78, 5) is 23.5. The first kappa shape index (κ1) is 11.4. The van der Waals surface area contributed by atoms with Crippen LogP contribution in [-0.2, 0) is 16.1 Å². The second-order valence-corrected chi connectivity index (χ2v) is 3.88. The van der Waals surface area contributed by atoms with Gasteiger partial charge in [0.25, 0.3) is 0 Å². The Labute approximate surface area is 98.6 Å². The molecule has 1 amide bonds. The van der Waals surface area contributed by atoms with E-state index >= 15 is 0 Å². The summed E-state index contributed by atoms with van der Waals surface area (Å²) in [5.41, 5.74) is 0.883. The molecule has 2 rings (SSSR count). The number of amides is 1.